The number of nitrogen functional groups attached to an aromatic ring is 1. The molecular weight excluding hydrogens is 553 g/mol. The Labute approximate surface area is 208 Å². The third-order valence-electron chi connectivity index (χ3n) is 5.60. The number of likely N-dealkylation sites (tertiary alicyclic amines) is 1. The van der Waals surface area contributed by atoms with Crippen molar-refractivity contribution in [2.24, 2.45) is 5.73 Å². The first-order valence-electron chi connectivity index (χ1n) is 10.5. The minimum absolute atomic E-state index is 0.0359. The number of carboxylic acid groups (broad SMARTS) is 1. The van der Waals surface area contributed by atoms with Gasteiger partial charge in [-0.25, -0.2) is 19.4 Å². The molecule has 1 aromatic carbocycles. The monoisotopic (exact) mass is 575 g/mol. The predicted octanol–water partition coefficient (Wildman–Crippen LogP) is 2.82. The molecule has 11 nitrogen and oxygen atoms in total. The Morgan fingerprint density at radius 1 is 1.15 bits per heavy atom. The number of amides is 3. The summed E-state index contributed by atoms with van der Waals surface area (Å²) < 4.78 is 2.01. The van der Waals surface area contributed by atoms with Gasteiger partial charge in [0.15, 0.2) is 11.5 Å². The smallest absolute Gasteiger partial charge is 0.407 e. The number of nitrogens with zero attached hydrogens (tertiary/aromatic N) is 4. The van der Waals surface area contributed by atoms with Crippen LogP contribution in [0.25, 0.3) is 11.3 Å². The molecule has 1 aliphatic heterocycles. The summed E-state index contributed by atoms with van der Waals surface area (Å²) in [5, 5.41) is 12.3. The van der Waals surface area contributed by atoms with Crippen LogP contribution in [0.15, 0.2) is 42.6 Å². The van der Waals surface area contributed by atoms with Crippen LogP contribution in [0.3, 0.4) is 0 Å². The number of aromatic nitrogens is 3. The van der Waals surface area contributed by atoms with Gasteiger partial charge in [0.05, 0.1) is 6.04 Å². The van der Waals surface area contributed by atoms with Crippen LogP contribution in [-0.4, -0.2) is 49.1 Å². The minimum Gasteiger partial charge on any atom is -0.465 e. The minimum atomic E-state index is -1.08. The molecule has 0 bridgehead atoms. The van der Waals surface area contributed by atoms with E-state index < -0.39 is 18.0 Å². The van der Waals surface area contributed by atoms with E-state index in [9.17, 15) is 19.5 Å². The number of halogens is 1. The van der Waals surface area contributed by atoms with E-state index >= 15 is 0 Å². The third-order valence-corrected chi connectivity index (χ3v) is 6.27. The number of benzene rings is 1. The van der Waals surface area contributed by atoms with Gasteiger partial charge >= 0.3 is 6.09 Å². The maximum absolute atomic E-state index is 12.6. The molecule has 1 atom stereocenters. The van der Waals surface area contributed by atoms with E-state index in [0.29, 0.717) is 29.9 Å². The summed E-state index contributed by atoms with van der Waals surface area (Å²) in [6.07, 6.45) is 2.61. The Morgan fingerprint density at radius 2 is 1.88 bits per heavy atom. The zero-order valence-corrected chi connectivity index (χ0v) is 20.1. The molecule has 1 aliphatic rings. The molecule has 2 aromatic heterocycles. The molecule has 34 heavy (non-hydrogen) atoms. The van der Waals surface area contributed by atoms with Crippen molar-refractivity contribution in [3.63, 3.8) is 0 Å². The van der Waals surface area contributed by atoms with E-state index in [1.54, 1.807) is 36.5 Å². The SMILES string of the molecule is NC(=O)c1c(-c2ccc(C(=O)Nc3cc(I)ccn3)cc2)nc([C@@H]2CCCCN2C(=O)O)n1N. The van der Waals surface area contributed by atoms with Crippen LogP contribution in [0, 0.1) is 3.57 Å². The number of nitrogens with one attached hydrogen (secondary N) is 1. The Kier molecular flexibility index (Phi) is 6.68. The second-order valence-electron chi connectivity index (χ2n) is 7.78. The van der Waals surface area contributed by atoms with Crippen LogP contribution in [-0.2, 0) is 0 Å². The number of piperidine rings is 1. The normalized spacial score (nSPS) is 15.7. The number of anilines is 1. The summed E-state index contributed by atoms with van der Waals surface area (Å²) in [4.78, 5) is 46.4. The molecule has 0 aliphatic carbocycles. The Morgan fingerprint density at radius 3 is 2.53 bits per heavy atom. The maximum atomic E-state index is 12.6. The van der Waals surface area contributed by atoms with Crippen molar-refractivity contribution in [1.82, 2.24) is 19.5 Å². The largest absolute Gasteiger partial charge is 0.465 e. The quantitative estimate of drug-likeness (QED) is 0.268. The summed E-state index contributed by atoms with van der Waals surface area (Å²) in [5.74, 6) is 5.71. The molecule has 1 fully saturated rings. The van der Waals surface area contributed by atoms with Gasteiger partial charge in [0.2, 0.25) is 0 Å². The molecule has 3 aromatic rings. The molecule has 3 heterocycles. The van der Waals surface area contributed by atoms with Crippen molar-refractivity contribution in [3.8, 4) is 11.3 Å². The molecule has 6 N–H and O–H groups in total. The number of primary amides is 1. The topological polar surface area (TPSA) is 169 Å². The molecule has 0 unspecified atom stereocenters. The average Bonchev–Trinajstić information content (AvgIpc) is 3.16. The number of hydrogen-bond donors (Lipinski definition) is 4. The number of pyridine rings is 1. The Balaban J connectivity index is 1.65. The van der Waals surface area contributed by atoms with Crippen molar-refractivity contribution >= 4 is 46.3 Å². The molecular formula is C22H22IN7O4. The fraction of sp³-hybridized carbons (Fsp3) is 0.227. The second kappa shape index (κ2) is 9.67. The van der Waals surface area contributed by atoms with Crippen LogP contribution in [0.4, 0.5) is 10.6 Å². The number of hydrogen-bond acceptors (Lipinski definition) is 6. The Hall–Kier alpha value is -3.68. The number of imidazole rings is 1. The zero-order valence-electron chi connectivity index (χ0n) is 17.9. The lowest BCUT2D eigenvalue weighted by Gasteiger charge is -2.32. The van der Waals surface area contributed by atoms with Crippen molar-refractivity contribution < 1.29 is 19.5 Å². The number of rotatable bonds is 5. The summed E-state index contributed by atoms with van der Waals surface area (Å²) in [5.41, 5.74) is 6.67. The lowest BCUT2D eigenvalue weighted by Crippen LogP contribution is -2.39. The van der Waals surface area contributed by atoms with E-state index in [4.69, 9.17) is 11.6 Å². The fourth-order valence-corrected chi connectivity index (χ4v) is 4.45. The van der Waals surface area contributed by atoms with Gasteiger partial charge in [0, 0.05) is 27.4 Å². The molecule has 12 heteroatoms. The van der Waals surface area contributed by atoms with Crippen molar-refractivity contribution in [2.75, 3.05) is 17.7 Å². The first-order chi connectivity index (χ1) is 16.3. The van der Waals surface area contributed by atoms with Crippen molar-refractivity contribution in [1.29, 1.82) is 0 Å². The van der Waals surface area contributed by atoms with Gasteiger partial charge < -0.3 is 22.0 Å². The number of nitrogens with two attached hydrogens (primary N) is 2. The van der Waals surface area contributed by atoms with Crippen LogP contribution in [0.2, 0.25) is 0 Å². The molecule has 0 spiro atoms. The highest BCUT2D eigenvalue weighted by atomic mass is 127. The van der Waals surface area contributed by atoms with Crippen LogP contribution < -0.4 is 16.9 Å². The highest BCUT2D eigenvalue weighted by Gasteiger charge is 2.34. The number of carbonyl (C=O) groups excluding carboxylic acids is 2. The van der Waals surface area contributed by atoms with E-state index in [0.717, 1.165) is 21.1 Å². The first-order valence-corrected chi connectivity index (χ1v) is 11.5. The third kappa shape index (κ3) is 4.66. The molecule has 1 saturated heterocycles. The van der Waals surface area contributed by atoms with Crippen LogP contribution in [0.1, 0.15) is 52.0 Å². The van der Waals surface area contributed by atoms with Crippen LogP contribution >= 0.6 is 22.6 Å². The number of carbonyl (C=O) groups is 3. The average molecular weight is 575 g/mol. The summed E-state index contributed by atoms with van der Waals surface area (Å²) in [6.45, 7) is 0.354. The summed E-state index contributed by atoms with van der Waals surface area (Å²) >= 11 is 2.13. The molecule has 0 radical (unpaired) electrons. The van der Waals surface area contributed by atoms with E-state index in [1.807, 2.05) is 6.07 Å². The van der Waals surface area contributed by atoms with E-state index in [1.165, 1.54) is 4.90 Å². The van der Waals surface area contributed by atoms with Crippen LogP contribution in [0.5, 0.6) is 0 Å². The lowest BCUT2D eigenvalue weighted by atomic mass is 10.0. The predicted molar refractivity (Wildman–Crippen MR) is 133 cm³/mol. The highest BCUT2D eigenvalue weighted by molar-refractivity contribution is 14.1. The van der Waals surface area contributed by atoms with Gasteiger partial charge in [0.1, 0.15) is 11.5 Å². The summed E-state index contributed by atoms with van der Waals surface area (Å²) in [7, 11) is 0. The van der Waals surface area contributed by atoms with Gasteiger partial charge in [-0.2, -0.15) is 0 Å². The highest BCUT2D eigenvalue weighted by Crippen LogP contribution is 2.33. The van der Waals surface area contributed by atoms with Crippen molar-refractivity contribution in [3.05, 3.63) is 63.2 Å². The summed E-state index contributed by atoms with van der Waals surface area (Å²) in [6, 6.07) is 9.40. The fourth-order valence-electron chi connectivity index (χ4n) is 3.99. The molecule has 4 rings (SSSR count). The lowest BCUT2D eigenvalue weighted by molar-refractivity contribution is 0.0986. The standard InChI is InChI=1S/C22H22IN7O4/c23-14-8-9-26-16(11-14)27-21(32)13-6-4-12(5-7-13)17-18(19(24)31)30(25)20(28-17)15-3-1-2-10-29(15)22(33)34/h4-9,11,15H,1-3,10,25H2,(H2,24,31)(H,33,34)(H,26,27,32)/t15-/m0/s1. The molecule has 0 saturated carbocycles. The van der Waals surface area contributed by atoms with Gasteiger partial charge in [0.25, 0.3) is 11.8 Å². The van der Waals surface area contributed by atoms with E-state index in [2.05, 4.69) is 37.9 Å². The molecule has 176 valence electrons. The van der Waals surface area contributed by atoms with Gasteiger partial charge in [-0.3, -0.25) is 14.5 Å². The first kappa shape index (κ1) is 23.5. The Bertz CT molecular complexity index is 1260. The van der Waals surface area contributed by atoms with Gasteiger partial charge in [-0.15, -0.1) is 0 Å². The maximum Gasteiger partial charge on any atom is 0.407 e. The van der Waals surface area contributed by atoms with Gasteiger partial charge in [-0.05, 0) is 66.1 Å². The molecule has 3 amide bonds. The van der Waals surface area contributed by atoms with Crippen molar-refractivity contribution in [2.45, 2.75) is 25.3 Å². The second-order valence-corrected chi connectivity index (χ2v) is 9.03. The zero-order chi connectivity index (χ0) is 24.4. The van der Waals surface area contributed by atoms with E-state index in [-0.39, 0.29) is 23.1 Å². The van der Waals surface area contributed by atoms with Gasteiger partial charge in [-0.1, -0.05) is 12.1 Å².